The standard InChI is InChI=1S/C16H22O/c1-4-6-13-17-14(3)11-12-16-10-8-7-9-15(16)5-2/h7-12H,3-6,13H2,1-2H3/b12-11+. The van der Waals surface area contributed by atoms with Crippen molar-refractivity contribution in [3.8, 4) is 0 Å². The van der Waals surface area contributed by atoms with Crippen molar-refractivity contribution >= 4 is 6.08 Å². The first-order valence-electron chi connectivity index (χ1n) is 6.35. The lowest BCUT2D eigenvalue weighted by Crippen LogP contribution is -1.91. The second-order valence-corrected chi connectivity index (χ2v) is 4.05. The molecule has 0 radical (unpaired) electrons. The minimum Gasteiger partial charge on any atom is -0.494 e. The second-order valence-electron chi connectivity index (χ2n) is 4.05. The average Bonchev–Trinajstić information content (AvgIpc) is 2.37. The molecule has 0 atom stereocenters. The fourth-order valence-electron chi connectivity index (χ4n) is 1.60. The van der Waals surface area contributed by atoms with E-state index in [0.717, 1.165) is 31.6 Å². The topological polar surface area (TPSA) is 9.23 Å². The van der Waals surface area contributed by atoms with Crippen LogP contribution in [0.1, 0.15) is 37.8 Å². The molecule has 1 aromatic carbocycles. The highest BCUT2D eigenvalue weighted by Gasteiger charge is 1.95. The van der Waals surface area contributed by atoms with Crippen molar-refractivity contribution < 1.29 is 4.74 Å². The minimum absolute atomic E-state index is 0.740. The number of aryl methyl sites for hydroxylation is 1. The number of rotatable bonds is 7. The Labute approximate surface area is 105 Å². The van der Waals surface area contributed by atoms with Crippen LogP contribution >= 0.6 is 0 Å². The van der Waals surface area contributed by atoms with Crippen LogP contribution in [0.25, 0.3) is 6.08 Å². The molecule has 0 bridgehead atoms. The van der Waals surface area contributed by atoms with Crippen molar-refractivity contribution in [2.75, 3.05) is 6.61 Å². The molecule has 17 heavy (non-hydrogen) atoms. The molecule has 0 fully saturated rings. The molecule has 1 rings (SSSR count). The third-order valence-corrected chi connectivity index (χ3v) is 2.67. The van der Waals surface area contributed by atoms with Crippen LogP contribution in [0.2, 0.25) is 0 Å². The largest absolute Gasteiger partial charge is 0.494 e. The molecule has 0 N–H and O–H groups in total. The van der Waals surface area contributed by atoms with E-state index in [2.05, 4.69) is 50.8 Å². The summed E-state index contributed by atoms with van der Waals surface area (Å²) in [5, 5.41) is 0. The normalized spacial score (nSPS) is 10.7. The first-order chi connectivity index (χ1) is 8.27. The summed E-state index contributed by atoms with van der Waals surface area (Å²) in [5.41, 5.74) is 2.60. The van der Waals surface area contributed by atoms with Crippen LogP contribution in [-0.2, 0) is 11.2 Å². The molecule has 0 saturated carbocycles. The molecule has 0 aliphatic carbocycles. The molecular formula is C16H22O. The van der Waals surface area contributed by atoms with Crippen LogP contribution < -0.4 is 0 Å². The average molecular weight is 230 g/mol. The van der Waals surface area contributed by atoms with Crippen LogP contribution in [0.15, 0.2) is 42.7 Å². The summed E-state index contributed by atoms with van der Waals surface area (Å²) in [6.07, 6.45) is 7.30. The van der Waals surface area contributed by atoms with Gasteiger partial charge in [-0.25, -0.2) is 0 Å². The molecule has 1 heteroatoms. The predicted octanol–water partition coefficient (Wildman–Crippen LogP) is 4.59. The highest BCUT2D eigenvalue weighted by atomic mass is 16.5. The van der Waals surface area contributed by atoms with E-state index in [1.165, 1.54) is 11.1 Å². The van der Waals surface area contributed by atoms with Gasteiger partial charge in [0.05, 0.1) is 6.61 Å². The van der Waals surface area contributed by atoms with Crippen LogP contribution in [0, 0.1) is 0 Å². The Kier molecular flexibility index (Phi) is 6.16. The van der Waals surface area contributed by atoms with Gasteiger partial charge in [-0.3, -0.25) is 0 Å². The molecular weight excluding hydrogens is 208 g/mol. The van der Waals surface area contributed by atoms with E-state index in [1.807, 2.05) is 6.08 Å². The van der Waals surface area contributed by atoms with Gasteiger partial charge in [-0.1, -0.05) is 57.2 Å². The van der Waals surface area contributed by atoms with Crippen molar-refractivity contribution in [2.24, 2.45) is 0 Å². The molecule has 0 aromatic heterocycles. The van der Waals surface area contributed by atoms with Gasteiger partial charge in [-0.15, -0.1) is 0 Å². The second kappa shape index (κ2) is 7.72. The van der Waals surface area contributed by atoms with E-state index in [0.29, 0.717) is 0 Å². The van der Waals surface area contributed by atoms with E-state index < -0.39 is 0 Å². The van der Waals surface area contributed by atoms with Crippen LogP contribution in [-0.4, -0.2) is 6.61 Å². The van der Waals surface area contributed by atoms with Gasteiger partial charge in [-0.2, -0.15) is 0 Å². The Balaban J connectivity index is 2.54. The van der Waals surface area contributed by atoms with Gasteiger partial charge in [0.25, 0.3) is 0 Å². The molecule has 1 nitrogen and oxygen atoms in total. The van der Waals surface area contributed by atoms with Crippen molar-refractivity contribution in [1.82, 2.24) is 0 Å². The summed E-state index contributed by atoms with van der Waals surface area (Å²) in [6.45, 7) is 8.97. The summed E-state index contributed by atoms with van der Waals surface area (Å²) in [6, 6.07) is 8.40. The lowest BCUT2D eigenvalue weighted by Gasteiger charge is -2.05. The number of hydrogen-bond acceptors (Lipinski definition) is 1. The summed E-state index contributed by atoms with van der Waals surface area (Å²) in [4.78, 5) is 0. The summed E-state index contributed by atoms with van der Waals surface area (Å²) >= 11 is 0. The number of unbranched alkanes of at least 4 members (excludes halogenated alkanes) is 1. The lowest BCUT2D eigenvalue weighted by molar-refractivity contribution is 0.221. The Morgan fingerprint density at radius 1 is 1.29 bits per heavy atom. The SMILES string of the molecule is C=C(/C=C/c1ccccc1CC)OCCCC. The monoisotopic (exact) mass is 230 g/mol. The zero-order valence-electron chi connectivity index (χ0n) is 10.9. The van der Waals surface area contributed by atoms with Crippen molar-refractivity contribution in [1.29, 1.82) is 0 Å². The molecule has 0 aliphatic heterocycles. The van der Waals surface area contributed by atoms with Gasteiger partial charge in [0.1, 0.15) is 5.76 Å². The van der Waals surface area contributed by atoms with Gasteiger partial charge in [-0.05, 0) is 30.0 Å². The van der Waals surface area contributed by atoms with Gasteiger partial charge in [0, 0.05) is 0 Å². The van der Waals surface area contributed by atoms with Crippen LogP contribution in [0.5, 0.6) is 0 Å². The van der Waals surface area contributed by atoms with Gasteiger partial charge in [0.15, 0.2) is 0 Å². The van der Waals surface area contributed by atoms with Gasteiger partial charge >= 0.3 is 0 Å². The first kappa shape index (κ1) is 13.6. The maximum atomic E-state index is 5.50. The maximum absolute atomic E-state index is 5.50. The third-order valence-electron chi connectivity index (χ3n) is 2.67. The number of allylic oxidation sites excluding steroid dienone is 1. The van der Waals surface area contributed by atoms with E-state index in [9.17, 15) is 0 Å². The van der Waals surface area contributed by atoms with Crippen molar-refractivity contribution in [3.05, 3.63) is 53.8 Å². The third kappa shape index (κ3) is 4.90. The van der Waals surface area contributed by atoms with Gasteiger partial charge in [0.2, 0.25) is 0 Å². The van der Waals surface area contributed by atoms with Crippen LogP contribution in [0.4, 0.5) is 0 Å². The predicted molar refractivity (Wildman–Crippen MR) is 74.9 cm³/mol. The smallest absolute Gasteiger partial charge is 0.112 e. The van der Waals surface area contributed by atoms with E-state index >= 15 is 0 Å². The van der Waals surface area contributed by atoms with E-state index in [-0.39, 0.29) is 0 Å². The fraction of sp³-hybridized carbons (Fsp3) is 0.375. The lowest BCUT2D eigenvalue weighted by atomic mass is 10.1. The summed E-state index contributed by atoms with van der Waals surface area (Å²) in [7, 11) is 0. The zero-order chi connectivity index (χ0) is 12.5. The van der Waals surface area contributed by atoms with Gasteiger partial charge < -0.3 is 4.74 Å². The van der Waals surface area contributed by atoms with Crippen LogP contribution in [0.3, 0.4) is 0 Å². The first-order valence-corrected chi connectivity index (χ1v) is 6.35. The maximum Gasteiger partial charge on any atom is 0.112 e. The van der Waals surface area contributed by atoms with E-state index in [4.69, 9.17) is 4.74 Å². The molecule has 0 heterocycles. The summed E-state index contributed by atoms with van der Waals surface area (Å²) < 4.78 is 5.50. The molecule has 0 spiro atoms. The Hall–Kier alpha value is -1.50. The minimum atomic E-state index is 0.740. The summed E-state index contributed by atoms with van der Waals surface area (Å²) in [5.74, 6) is 0.740. The Morgan fingerprint density at radius 2 is 2.06 bits per heavy atom. The van der Waals surface area contributed by atoms with Crippen molar-refractivity contribution in [2.45, 2.75) is 33.1 Å². The number of benzene rings is 1. The fourth-order valence-corrected chi connectivity index (χ4v) is 1.60. The zero-order valence-corrected chi connectivity index (χ0v) is 10.9. The van der Waals surface area contributed by atoms with E-state index in [1.54, 1.807) is 0 Å². The molecule has 0 amide bonds. The Bertz CT molecular complexity index is 377. The Morgan fingerprint density at radius 3 is 2.76 bits per heavy atom. The highest BCUT2D eigenvalue weighted by molar-refractivity contribution is 5.55. The molecule has 0 saturated heterocycles. The molecule has 0 aliphatic rings. The quantitative estimate of drug-likeness (QED) is 0.378. The molecule has 0 unspecified atom stereocenters. The number of ether oxygens (including phenoxy) is 1. The molecule has 1 aromatic rings. The molecule has 92 valence electrons. The highest BCUT2D eigenvalue weighted by Crippen LogP contribution is 2.12. The van der Waals surface area contributed by atoms with Crippen molar-refractivity contribution in [3.63, 3.8) is 0 Å². The number of hydrogen-bond donors (Lipinski definition) is 0.